The van der Waals surface area contributed by atoms with E-state index in [9.17, 15) is 9.59 Å². The molecular formula is C12H23N3O2. The first-order chi connectivity index (χ1) is 7.99. The first-order valence-corrected chi connectivity index (χ1v) is 5.88. The number of nitrogens with zero attached hydrogens (tertiary/aromatic N) is 1. The molecule has 0 aliphatic heterocycles. The van der Waals surface area contributed by atoms with Crippen LogP contribution in [0.1, 0.15) is 20.8 Å². The molecule has 0 saturated carbocycles. The van der Waals surface area contributed by atoms with Gasteiger partial charge in [-0.25, -0.2) is 0 Å². The third kappa shape index (κ3) is 8.45. The summed E-state index contributed by atoms with van der Waals surface area (Å²) in [6.45, 7) is 10.8. The summed E-state index contributed by atoms with van der Waals surface area (Å²) in [5, 5.41) is 5.48. The van der Waals surface area contributed by atoms with Crippen molar-refractivity contribution < 1.29 is 9.59 Å². The lowest BCUT2D eigenvalue weighted by Crippen LogP contribution is -2.44. The van der Waals surface area contributed by atoms with E-state index in [-0.39, 0.29) is 30.9 Å². The molecule has 17 heavy (non-hydrogen) atoms. The maximum absolute atomic E-state index is 11.5. The molecule has 0 bridgehead atoms. The van der Waals surface area contributed by atoms with E-state index in [1.54, 1.807) is 11.0 Å². The van der Waals surface area contributed by atoms with Crippen molar-refractivity contribution in [1.82, 2.24) is 15.5 Å². The van der Waals surface area contributed by atoms with Gasteiger partial charge in [0.15, 0.2) is 0 Å². The molecule has 0 unspecified atom stereocenters. The van der Waals surface area contributed by atoms with Gasteiger partial charge in [-0.3, -0.25) is 14.5 Å². The van der Waals surface area contributed by atoms with Gasteiger partial charge >= 0.3 is 0 Å². The number of carbonyl (C=O) groups excluding carboxylic acids is 2. The van der Waals surface area contributed by atoms with E-state index in [0.29, 0.717) is 13.1 Å². The van der Waals surface area contributed by atoms with Gasteiger partial charge in [0.25, 0.3) is 0 Å². The van der Waals surface area contributed by atoms with E-state index in [0.717, 1.165) is 0 Å². The van der Waals surface area contributed by atoms with Crippen molar-refractivity contribution in [3.8, 4) is 0 Å². The zero-order valence-corrected chi connectivity index (χ0v) is 11.0. The molecule has 5 heteroatoms. The third-order valence-corrected chi connectivity index (χ3v) is 2.07. The second-order valence-corrected chi connectivity index (χ2v) is 4.12. The van der Waals surface area contributed by atoms with Crippen molar-refractivity contribution in [2.75, 3.05) is 26.2 Å². The van der Waals surface area contributed by atoms with Crippen molar-refractivity contribution in [3.63, 3.8) is 0 Å². The zero-order chi connectivity index (χ0) is 13.3. The fourth-order valence-electron chi connectivity index (χ4n) is 1.30. The van der Waals surface area contributed by atoms with Crippen LogP contribution in [0.15, 0.2) is 12.7 Å². The van der Waals surface area contributed by atoms with Gasteiger partial charge in [0.2, 0.25) is 11.8 Å². The molecule has 0 heterocycles. The number of likely N-dealkylation sites (N-methyl/N-ethyl adjacent to an activating group) is 1. The van der Waals surface area contributed by atoms with Crippen LogP contribution >= 0.6 is 0 Å². The van der Waals surface area contributed by atoms with Gasteiger partial charge in [-0.15, -0.1) is 6.58 Å². The van der Waals surface area contributed by atoms with Gasteiger partial charge in [0.1, 0.15) is 0 Å². The van der Waals surface area contributed by atoms with Crippen molar-refractivity contribution in [2.24, 2.45) is 0 Å². The second-order valence-electron chi connectivity index (χ2n) is 4.12. The minimum Gasteiger partial charge on any atom is -0.353 e. The van der Waals surface area contributed by atoms with Crippen molar-refractivity contribution >= 4 is 11.8 Å². The Hall–Kier alpha value is -1.36. The van der Waals surface area contributed by atoms with E-state index in [4.69, 9.17) is 0 Å². The molecule has 98 valence electrons. The number of amides is 2. The molecule has 0 aliphatic carbocycles. The standard InChI is InChI=1S/C12H23N3O2/c1-5-7-13-11(16)8-15(6-2)9-12(17)14-10(3)4/h5,10H,1,6-9H2,2-4H3,(H,13,16)(H,14,17). The SMILES string of the molecule is C=CCNC(=O)CN(CC)CC(=O)NC(C)C. The lowest BCUT2D eigenvalue weighted by atomic mass is 10.3. The number of nitrogens with one attached hydrogen (secondary N) is 2. The molecule has 0 rings (SSSR count). The van der Waals surface area contributed by atoms with Gasteiger partial charge < -0.3 is 10.6 Å². The van der Waals surface area contributed by atoms with Gasteiger partial charge in [-0.05, 0) is 20.4 Å². The van der Waals surface area contributed by atoms with Crippen molar-refractivity contribution in [2.45, 2.75) is 26.8 Å². The Kier molecular flexibility index (Phi) is 8.05. The van der Waals surface area contributed by atoms with Crippen LogP contribution in [0, 0.1) is 0 Å². The number of hydrogen-bond donors (Lipinski definition) is 2. The lowest BCUT2D eigenvalue weighted by Gasteiger charge is -2.19. The predicted octanol–water partition coefficient (Wildman–Crippen LogP) is 0.135. The molecule has 0 aliphatic rings. The first kappa shape index (κ1) is 15.6. The van der Waals surface area contributed by atoms with Crippen molar-refractivity contribution in [1.29, 1.82) is 0 Å². The fraction of sp³-hybridized carbons (Fsp3) is 0.667. The molecule has 0 aromatic carbocycles. The highest BCUT2D eigenvalue weighted by Crippen LogP contribution is 1.88. The van der Waals surface area contributed by atoms with Crippen LogP contribution < -0.4 is 10.6 Å². The van der Waals surface area contributed by atoms with Gasteiger partial charge in [0.05, 0.1) is 13.1 Å². The molecule has 0 atom stereocenters. The molecule has 2 N–H and O–H groups in total. The molecule has 2 amide bonds. The smallest absolute Gasteiger partial charge is 0.234 e. The van der Waals surface area contributed by atoms with Crippen molar-refractivity contribution in [3.05, 3.63) is 12.7 Å². The Balaban J connectivity index is 4.02. The van der Waals surface area contributed by atoms with Gasteiger partial charge in [0, 0.05) is 12.6 Å². The third-order valence-electron chi connectivity index (χ3n) is 2.07. The van der Waals surface area contributed by atoms with Crippen LogP contribution in [0.2, 0.25) is 0 Å². The van der Waals surface area contributed by atoms with Crippen LogP contribution in [0.4, 0.5) is 0 Å². The second kappa shape index (κ2) is 8.75. The van der Waals surface area contributed by atoms with E-state index in [1.165, 1.54) is 0 Å². The number of hydrogen-bond acceptors (Lipinski definition) is 3. The summed E-state index contributed by atoms with van der Waals surface area (Å²) < 4.78 is 0. The topological polar surface area (TPSA) is 61.4 Å². The fourth-order valence-corrected chi connectivity index (χ4v) is 1.30. The lowest BCUT2D eigenvalue weighted by molar-refractivity contribution is -0.125. The maximum atomic E-state index is 11.5. The highest BCUT2D eigenvalue weighted by molar-refractivity contribution is 5.81. The predicted molar refractivity (Wildman–Crippen MR) is 68.6 cm³/mol. The summed E-state index contributed by atoms with van der Waals surface area (Å²) in [5.74, 6) is -0.150. The number of carbonyl (C=O) groups is 2. The largest absolute Gasteiger partial charge is 0.353 e. The van der Waals surface area contributed by atoms with E-state index < -0.39 is 0 Å². The summed E-state index contributed by atoms with van der Waals surface area (Å²) in [5.41, 5.74) is 0. The quantitative estimate of drug-likeness (QED) is 0.594. The average Bonchev–Trinajstić information content (AvgIpc) is 2.24. The maximum Gasteiger partial charge on any atom is 0.234 e. The molecule has 0 aromatic rings. The summed E-state index contributed by atoms with van der Waals surface area (Å²) in [7, 11) is 0. The molecule has 5 nitrogen and oxygen atoms in total. The van der Waals surface area contributed by atoms with E-state index in [2.05, 4.69) is 17.2 Å². The van der Waals surface area contributed by atoms with Crippen LogP contribution in [-0.2, 0) is 9.59 Å². The molecular weight excluding hydrogens is 218 g/mol. The summed E-state index contributed by atoms with van der Waals surface area (Å²) in [4.78, 5) is 24.7. The number of rotatable bonds is 8. The highest BCUT2D eigenvalue weighted by Gasteiger charge is 2.12. The highest BCUT2D eigenvalue weighted by atomic mass is 16.2. The van der Waals surface area contributed by atoms with Crippen LogP contribution in [0.25, 0.3) is 0 Å². The van der Waals surface area contributed by atoms with Crippen LogP contribution in [0.5, 0.6) is 0 Å². The van der Waals surface area contributed by atoms with Gasteiger partial charge in [-0.2, -0.15) is 0 Å². The molecule has 0 aromatic heterocycles. The van der Waals surface area contributed by atoms with Crippen LogP contribution in [0.3, 0.4) is 0 Å². The Morgan fingerprint density at radius 1 is 1.29 bits per heavy atom. The molecule has 0 radical (unpaired) electrons. The monoisotopic (exact) mass is 241 g/mol. The summed E-state index contributed by atoms with van der Waals surface area (Å²) in [6, 6.07) is 0.121. The Morgan fingerprint density at radius 2 is 1.88 bits per heavy atom. The molecule has 0 fully saturated rings. The summed E-state index contributed by atoms with van der Waals surface area (Å²) >= 11 is 0. The first-order valence-electron chi connectivity index (χ1n) is 5.88. The minimum atomic E-state index is -0.0934. The Bertz CT molecular complexity index is 264. The Labute approximate surface area is 103 Å². The normalized spacial score (nSPS) is 10.4. The average molecular weight is 241 g/mol. The molecule has 0 saturated heterocycles. The zero-order valence-electron chi connectivity index (χ0n) is 11.0. The Morgan fingerprint density at radius 3 is 2.35 bits per heavy atom. The van der Waals surface area contributed by atoms with Gasteiger partial charge in [-0.1, -0.05) is 13.0 Å². The minimum absolute atomic E-state index is 0.0571. The van der Waals surface area contributed by atoms with E-state index in [1.807, 2.05) is 20.8 Å². The summed E-state index contributed by atoms with van der Waals surface area (Å²) in [6.07, 6.45) is 1.62. The van der Waals surface area contributed by atoms with E-state index >= 15 is 0 Å². The van der Waals surface area contributed by atoms with Crippen LogP contribution in [-0.4, -0.2) is 48.9 Å². The molecule has 0 spiro atoms.